The minimum atomic E-state index is 0.00868. The zero-order valence-corrected chi connectivity index (χ0v) is 17.3. The number of hydrogen-bond acceptors (Lipinski definition) is 2. The Labute approximate surface area is 172 Å². The van der Waals surface area contributed by atoms with E-state index in [9.17, 15) is 4.79 Å². The highest BCUT2D eigenvalue weighted by atomic mass is 16.2. The summed E-state index contributed by atoms with van der Waals surface area (Å²) in [7, 11) is 0. The zero-order chi connectivity index (χ0) is 20.2. The van der Waals surface area contributed by atoms with Crippen LogP contribution < -0.4 is 5.32 Å². The first kappa shape index (κ1) is 19.5. The summed E-state index contributed by atoms with van der Waals surface area (Å²) in [4.78, 5) is 20.5. The van der Waals surface area contributed by atoms with Crippen molar-refractivity contribution in [3.63, 3.8) is 0 Å². The molecule has 0 atom stereocenters. The van der Waals surface area contributed by atoms with E-state index in [0.29, 0.717) is 5.92 Å². The Hall–Kier alpha value is -2.79. The summed E-state index contributed by atoms with van der Waals surface area (Å²) >= 11 is 0. The number of benzene rings is 2. The molecule has 152 valence electrons. The number of aromatic amines is 1. The monoisotopic (exact) mass is 390 g/mol. The summed E-state index contributed by atoms with van der Waals surface area (Å²) < 4.78 is 0. The van der Waals surface area contributed by atoms with E-state index in [4.69, 9.17) is 0 Å². The lowest BCUT2D eigenvalue weighted by Gasteiger charge is -2.34. The Morgan fingerprint density at radius 3 is 2.55 bits per heavy atom. The molecule has 2 aromatic carbocycles. The highest BCUT2D eigenvalue weighted by Crippen LogP contribution is 2.24. The van der Waals surface area contributed by atoms with Gasteiger partial charge in [0.25, 0.3) is 0 Å². The second-order valence-electron chi connectivity index (χ2n) is 8.11. The molecule has 1 fully saturated rings. The van der Waals surface area contributed by atoms with Crippen LogP contribution in [0, 0.1) is 0 Å². The van der Waals surface area contributed by atoms with E-state index < -0.39 is 0 Å². The maximum absolute atomic E-state index is 12.7. The molecule has 0 saturated carbocycles. The van der Waals surface area contributed by atoms with E-state index in [-0.39, 0.29) is 6.03 Å². The molecule has 4 rings (SSSR count). The van der Waals surface area contributed by atoms with Gasteiger partial charge in [0.05, 0.1) is 0 Å². The van der Waals surface area contributed by atoms with E-state index in [2.05, 4.69) is 65.6 Å². The van der Waals surface area contributed by atoms with Gasteiger partial charge in [0.2, 0.25) is 0 Å². The molecule has 1 aliphatic heterocycles. The van der Waals surface area contributed by atoms with Crippen LogP contribution in [0.4, 0.5) is 10.5 Å². The predicted molar refractivity (Wildman–Crippen MR) is 120 cm³/mol. The van der Waals surface area contributed by atoms with E-state index in [1.54, 1.807) is 0 Å². The molecular formula is C24H30N4O. The molecule has 0 radical (unpaired) electrons. The van der Waals surface area contributed by atoms with Gasteiger partial charge in [-0.3, -0.25) is 4.90 Å². The lowest BCUT2D eigenvalue weighted by Crippen LogP contribution is -2.50. The summed E-state index contributed by atoms with van der Waals surface area (Å²) in [6.45, 7) is 8.69. The lowest BCUT2D eigenvalue weighted by atomic mass is 10.0. The Balaban J connectivity index is 1.29. The number of rotatable bonds is 5. The van der Waals surface area contributed by atoms with Gasteiger partial charge >= 0.3 is 6.03 Å². The third kappa shape index (κ3) is 4.46. The molecular weight excluding hydrogens is 360 g/mol. The summed E-state index contributed by atoms with van der Waals surface area (Å²) in [6.07, 6.45) is 3.15. The van der Waals surface area contributed by atoms with E-state index >= 15 is 0 Å². The van der Waals surface area contributed by atoms with Crippen molar-refractivity contribution in [2.75, 3.05) is 38.0 Å². The fourth-order valence-electron chi connectivity index (χ4n) is 4.10. The van der Waals surface area contributed by atoms with Gasteiger partial charge in [0.1, 0.15) is 0 Å². The van der Waals surface area contributed by atoms with Gasteiger partial charge in [-0.2, -0.15) is 0 Å². The highest BCUT2D eigenvalue weighted by molar-refractivity contribution is 5.90. The summed E-state index contributed by atoms with van der Waals surface area (Å²) in [5.74, 6) is 0.382. The van der Waals surface area contributed by atoms with Crippen LogP contribution in [-0.4, -0.2) is 53.5 Å². The van der Waals surface area contributed by atoms with Gasteiger partial charge in [-0.15, -0.1) is 0 Å². The Morgan fingerprint density at radius 2 is 1.76 bits per heavy atom. The highest BCUT2D eigenvalue weighted by Gasteiger charge is 2.22. The van der Waals surface area contributed by atoms with Crippen LogP contribution in [0.3, 0.4) is 0 Å². The fourth-order valence-corrected chi connectivity index (χ4v) is 4.10. The number of H-pyrrole nitrogens is 1. The van der Waals surface area contributed by atoms with Crippen LogP contribution in [0.25, 0.3) is 10.9 Å². The fraction of sp³-hybridized carbons (Fsp3) is 0.375. The van der Waals surface area contributed by atoms with Crippen molar-refractivity contribution in [3.05, 3.63) is 65.9 Å². The van der Waals surface area contributed by atoms with Gasteiger partial charge in [0, 0.05) is 55.5 Å². The topological polar surface area (TPSA) is 51.4 Å². The molecule has 1 saturated heterocycles. The van der Waals surface area contributed by atoms with E-state index in [1.165, 1.54) is 22.0 Å². The Bertz CT molecular complexity index is 970. The lowest BCUT2D eigenvalue weighted by molar-refractivity contribution is 0.148. The maximum atomic E-state index is 12.7. The minimum Gasteiger partial charge on any atom is -0.361 e. The number of carbonyl (C=O) groups is 1. The first-order valence-corrected chi connectivity index (χ1v) is 10.5. The molecule has 3 aromatic rings. The number of aromatic nitrogens is 1. The molecule has 0 spiro atoms. The largest absolute Gasteiger partial charge is 0.361 e. The van der Waals surface area contributed by atoms with Gasteiger partial charge in [-0.1, -0.05) is 50.2 Å². The average molecular weight is 391 g/mol. The van der Waals surface area contributed by atoms with Crippen molar-refractivity contribution in [2.45, 2.75) is 26.2 Å². The van der Waals surface area contributed by atoms with Crippen molar-refractivity contribution < 1.29 is 4.79 Å². The molecule has 0 bridgehead atoms. The quantitative estimate of drug-likeness (QED) is 0.664. The first-order valence-electron chi connectivity index (χ1n) is 10.5. The molecule has 0 unspecified atom stereocenters. The standard InChI is InChI=1S/C24H30N4O/c1-18(2)20-7-3-6-10-23(20)26-24(29)28-15-13-27(14-16-28)12-11-19-17-25-22-9-5-4-8-21(19)22/h3-10,17-18,25H,11-16H2,1-2H3,(H,26,29). The number of nitrogens with one attached hydrogen (secondary N) is 2. The van der Waals surface area contributed by atoms with Crippen LogP contribution in [0.15, 0.2) is 54.7 Å². The van der Waals surface area contributed by atoms with Crippen LogP contribution >= 0.6 is 0 Å². The normalized spacial score (nSPS) is 15.2. The maximum Gasteiger partial charge on any atom is 0.321 e. The van der Waals surface area contributed by atoms with E-state index in [1.807, 2.05) is 23.1 Å². The molecule has 2 heterocycles. The van der Waals surface area contributed by atoms with Crippen molar-refractivity contribution in [1.29, 1.82) is 0 Å². The van der Waals surface area contributed by atoms with Crippen LogP contribution in [0.2, 0.25) is 0 Å². The second-order valence-corrected chi connectivity index (χ2v) is 8.11. The number of para-hydroxylation sites is 2. The van der Waals surface area contributed by atoms with Crippen molar-refractivity contribution >= 4 is 22.6 Å². The molecule has 2 amide bonds. The third-order valence-corrected chi connectivity index (χ3v) is 5.86. The average Bonchev–Trinajstić information content (AvgIpc) is 3.16. The SMILES string of the molecule is CC(C)c1ccccc1NC(=O)N1CCN(CCc2c[nH]c3ccccc23)CC1. The smallest absolute Gasteiger partial charge is 0.321 e. The van der Waals surface area contributed by atoms with E-state index in [0.717, 1.165) is 44.8 Å². The van der Waals surface area contributed by atoms with Crippen LogP contribution in [0.5, 0.6) is 0 Å². The molecule has 1 aromatic heterocycles. The number of carbonyl (C=O) groups excluding carboxylic acids is 1. The minimum absolute atomic E-state index is 0.00868. The van der Waals surface area contributed by atoms with Gasteiger partial charge < -0.3 is 15.2 Å². The molecule has 1 aliphatic rings. The molecule has 29 heavy (non-hydrogen) atoms. The van der Waals surface area contributed by atoms with Gasteiger partial charge in [-0.05, 0) is 35.6 Å². The van der Waals surface area contributed by atoms with Crippen LogP contribution in [-0.2, 0) is 6.42 Å². The Kier molecular flexibility index (Phi) is 5.86. The number of nitrogens with zero attached hydrogens (tertiary/aromatic N) is 2. The Morgan fingerprint density at radius 1 is 1.03 bits per heavy atom. The van der Waals surface area contributed by atoms with Crippen molar-refractivity contribution in [1.82, 2.24) is 14.8 Å². The van der Waals surface area contributed by atoms with Crippen LogP contribution in [0.1, 0.15) is 30.9 Å². The number of anilines is 1. The number of piperazine rings is 1. The molecule has 0 aliphatic carbocycles. The number of hydrogen-bond donors (Lipinski definition) is 2. The third-order valence-electron chi connectivity index (χ3n) is 5.86. The summed E-state index contributed by atoms with van der Waals surface area (Å²) in [5.41, 5.74) is 4.67. The predicted octanol–water partition coefficient (Wildman–Crippen LogP) is 4.68. The number of urea groups is 1. The van der Waals surface area contributed by atoms with Crippen molar-refractivity contribution in [2.24, 2.45) is 0 Å². The van der Waals surface area contributed by atoms with Gasteiger partial charge in [-0.25, -0.2) is 4.79 Å². The van der Waals surface area contributed by atoms with Gasteiger partial charge in [0.15, 0.2) is 0 Å². The first-order chi connectivity index (χ1) is 14.1. The number of amides is 2. The summed E-state index contributed by atoms with van der Waals surface area (Å²) in [5, 5.41) is 4.43. The molecule has 5 nitrogen and oxygen atoms in total. The summed E-state index contributed by atoms with van der Waals surface area (Å²) in [6, 6.07) is 16.5. The van der Waals surface area contributed by atoms with Crippen molar-refractivity contribution in [3.8, 4) is 0 Å². The zero-order valence-electron chi connectivity index (χ0n) is 17.3. The number of fused-ring (bicyclic) bond motifs is 1. The second kappa shape index (κ2) is 8.70. The molecule has 5 heteroatoms. The molecule has 2 N–H and O–H groups in total.